The number of thioether (sulfide) groups is 1. The first-order valence-electron chi connectivity index (χ1n) is 8.83. The number of imide groups is 1. The first-order valence-corrected chi connectivity index (χ1v) is 10.0. The van der Waals surface area contributed by atoms with Crippen LogP contribution in [0, 0.1) is 10.1 Å². The van der Waals surface area contributed by atoms with Crippen LogP contribution in [-0.4, -0.2) is 34.6 Å². The van der Waals surface area contributed by atoms with Crippen LogP contribution in [0.1, 0.15) is 18.1 Å². The Balaban J connectivity index is 1.81. The molecule has 2 amide bonds. The summed E-state index contributed by atoms with van der Waals surface area (Å²) in [5.74, 6) is 0.308. The van der Waals surface area contributed by atoms with Crippen LogP contribution in [-0.2, 0) is 11.4 Å². The van der Waals surface area contributed by atoms with E-state index in [9.17, 15) is 19.7 Å². The van der Waals surface area contributed by atoms with Gasteiger partial charge in [-0.15, -0.1) is 0 Å². The van der Waals surface area contributed by atoms with E-state index >= 15 is 0 Å². The Morgan fingerprint density at radius 2 is 1.93 bits per heavy atom. The van der Waals surface area contributed by atoms with Crippen molar-refractivity contribution in [1.82, 2.24) is 4.90 Å². The minimum Gasteiger partial charge on any atom is -0.493 e. The summed E-state index contributed by atoms with van der Waals surface area (Å²) in [4.78, 5) is 35.9. The molecular weight excluding hydrogens is 432 g/mol. The Morgan fingerprint density at radius 1 is 1.23 bits per heavy atom. The van der Waals surface area contributed by atoms with Gasteiger partial charge in [-0.2, -0.15) is 0 Å². The number of carbonyl (C=O) groups excluding carboxylic acids is 2. The van der Waals surface area contributed by atoms with Crippen LogP contribution < -0.4 is 9.47 Å². The molecule has 0 spiro atoms. The van der Waals surface area contributed by atoms with E-state index in [1.807, 2.05) is 0 Å². The SMILES string of the molecule is CCN1C(=O)S/C(=C\c2cc(Cl)c(OCc3ccc([N+](=O)[O-])cc3)c(OC)c2)C1=O. The Labute approximate surface area is 181 Å². The molecule has 0 radical (unpaired) electrons. The molecule has 1 saturated heterocycles. The molecule has 0 saturated carbocycles. The number of ether oxygens (including phenoxy) is 2. The zero-order chi connectivity index (χ0) is 21.8. The lowest BCUT2D eigenvalue weighted by molar-refractivity contribution is -0.384. The van der Waals surface area contributed by atoms with Crippen LogP contribution in [0.3, 0.4) is 0 Å². The summed E-state index contributed by atoms with van der Waals surface area (Å²) in [7, 11) is 1.46. The normalized spacial score (nSPS) is 15.0. The van der Waals surface area contributed by atoms with Gasteiger partial charge in [0, 0.05) is 18.7 Å². The van der Waals surface area contributed by atoms with E-state index in [2.05, 4.69) is 0 Å². The van der Waals surface area contributed by atoms with Crippen molar-refractivity contribution in [2.45, 2.75) is 13.5 Å². The molecule has 1 aliphatic heterocycles. The summed E-state index contributed by atoms with van der Waals surface area (Å²) in [6.07, 6.45) is 1.58. The number of benzene rings is 2. The number of rotatable bonds is 7. The van der Waals surface area contributed by atoms with E-state index < -0.39 is 4.92 Å². The van der Waals surface area contributed by atoms with Crippen LogP contribution in [0.5, 0.6) is 11.5 Å². The zero-order valence-corrected chi connectivity index (χ0v) is 17.7. The fraction of sp³-hybridized carbons (Fsp3) is 0.200. The quantitative estimate of drug-likeness (QED) is 0.337. The number of amides is 2. The highest BCUT2D eigenvalue weighted by Gasteiger charge is 2.33. The topological polar surface area (TPSA) is 99.0 Å². The van der Waals surface area contributed by atoms with Gasteiger partial charge < -0.3 is 9.47 Å². The maximum absolute atomic E-state index is 12.3. The van der Waals surface area contributed by atoms with Gasteiger partial charge in [-0.25, -0.2) is 0 Å². The molecule has 2 aromatic carbocycles. The average molecular weight is 449 g/mol. The lowest BCUT2D eigenvalue weighted by atomic mass is 10.1. The van der Waals surface area contributed by atoms with Gasteiger partial charge in [0.05, 0.1) is 22.0 Å². The Hall–Kier alpha value is -3.04. The van der Waals surface area contributed by atoms with E-state index in [1.54, 1.807) is 37.3 Å². The molecular formula is C20H17ClN2O6S. The molecule has 0 aromatic heterocycles. The predicted molar refractivity (Wildman–Crippen MR) is 114 cm³/mol. The third-order valence-corrected chi connectivity index (χ3v) is 5.46. The summed E-state index contributed by atoms with van der Waals surface area (Å²) in [6.45, 7) is 2.17. The number of non-ortho nitro benzene ring substituents is 1. The molecule has 0 unspecified atom stereocenters. The molecule has 1 heterocycles. The minimum atomic E-state index is -0.474. The number of carbonyl (C=O) groups is 2. The van der Waals surface area contributed by atoms with Gasteiger partial charge in [0.25, 0.3) is 16.8 Å². The van der Waals surface area contributed by atoms with Crippen molar-refractivity contribution in [2.24, 2.45) is 0 Å². The van der Waals surface area contributed by atoms with Gasteiger partial charge in [0.2, 0.25) is 0 Å². The highest BCUT2D eigenvalue weighted by atomic mass is 35.5. The number of hydrogen-bond donors (Lipinski definition) is 0. The predicted octanol–water partition coefficient (Wildman–Crippen LogP) is 4.89. The van der Waals surface area contributed by atoms with E-state index in [0.29, 0.717) is 28.5 Å². The zero-order valence-electron chi connectivity index (χ0n) is 16.1. The lowest BCUT2D eigenvalue weighted by Gasteiger charge is -2.13. The summed E-state index contributed by atoms with van der Waals surface area (Å²) in [6, 6.07) is 9.23. The van der Waals surface area contributed by atoms with Crippen molar-refractivity contribution >= 4 is 46.3 Å². The average Bonchev–Trinajstić information content (AvgIpc) is 2.99. The van der Waals surface area contributed by atoms with Crippen LogP contribution in [0.2, 0.25) is 5.02 Å². The lowest BCUT2D eigenvalue weighted by Crippen LogP contribution is -2.27. The van der Waals surface area contributed by atoms with Crippen molar-refractivity contribution in [2.75, 3.05) is 13.7 Å². The monoisotopic (exact) mass is 448 g/mol. The van der Waals surface area contributed by atoms with E-state index in [1.165, 1.54) is 19.2 Å². The second-order valence-corrected chi connectivity index (χ2v) is 7.57. The Bertz CT molecular complexity index is 1040. The number of halogens is 1. The minimum absolute atomic E-state index is 0.00815. The van der Waals surface area contributed by atoms with Crippen molar-refractivity contribution in [3.05, 3.63) is 67.6 Å². The van der Waals surface area contributed by atoms with Crippen LogP contribution in [0.15, 0.2) is 41.3 Å². The third kappa shape index (κ3) is 4.58. The molecule has 0 aliphatic carbocycles. The van der Waals surface area contributed by atoms with Gasteiger partial charge in [-0.1, -0.05) is 11.6 Å². The molecule has 30 heavy (non-hydrogen) atoms. The third-order valence-electron chi connectivity index (χ3n) is 4.27. The van der Waals surface area contributed by atoms with Gasteiger partial charge in [0.15, 0.2) is 11.5 Å². The summed E-state index contributed by atoms with van der Waals surface area (Å²) >= 11 is 7.23. The van der Waals surface area contributed by atoms with Crippen molar-refractivity contribution in [3.63, 3.8) is 0 Å². The fourth-order valence-corrected chi connectivity index (χ4v) is 3.93. The van der Waals surface area contributed by atoms with Crippen molar-refractivity contribution < 1.29 is 24.0 Å². The van der Waals surface area contributed by atoms with Crippen molar-refractivity contribution in [1.29, 1.82) is 0 Å². The molecule has 1 aliphatic rings. The number of nitrogens with zero attached hydrogens (tertiary/aromatic N) is 2. The van der Waals surface area contributed by atoms with E-state index in [4.69, 9.17) is 21.1 Å². The second kappa shape index (κ2) is 9.19. The standard InChI is InChI=1S/C20H17ClN2O6S/c1-3-22-19(24)17(30-20(22)25)10-13-8-15(21)18(16(9-13)28-2)29-11-12-4-6-14(7-5-12)23(26)27/h4-10H,3,11H2,1-2H3/b17-10-. The number of nitro benzene ring substituents is 1. The molecule has 156 valence electrons. The van der Waals surface area contributed by atoms with E-state index in [0.717, 1.165) is 22.2 Å². The molecule has 0 atom stereocenters. The maximum Gasteiger partial charge on any atom is 0.293 e. The van der Waals surface area contributed by atoms with Crippen LogP contribution in [0.25, 0.3) is 6.08 Å². The van der Waals surface area contributed by atoms with Gasteiger partial charge in [0.1, 0.15) is 6.61 Å². The van der Waals surface area contributed by atoms with Crippen LogP contribution >= 0.6 is 23.4 Å². The molecule has 3 rings (SSSR count). The first kappa shape index (κ1) is 21.7. The number of nitro groups is 1. The van der Waals surface area contributed by atoms with Crippen molar-refractivity contribution in [3.8, 4) is 11.5 Å². The second-order valence-electron chi connectivity index (χ2n) is 6.17. The molecule has 0 bridgehead atoms. The largest absolute Gasteiger partial charge is 0.493 e. The first-order chi connectivity index (χ1) is 14.3. The summed E-state index contributed by atoms with van der Waals surface area (Å²) < 4.78 is 11.1. The van der Waals surface area contributed by atoms with E-state index in [-0.39, 0.29) is 28.5 Å². The van der Waals surface area contributed by atoms with Crippen LogP contribution in [0.4, 0.5) is 10.5 Å². The maximum atomic E-state index is 12.3. The number of methoxy groups -OCH3 is 1. The van der Waals surface area contributed by atoms with Gasteiger partial charge in [-0.05, 0) is 60.2 Å². The Morgan fingerprint density at radius 3 is 2.50 bits per heavy atom. The number of hydrogen-bond acceptors (Lipinski definition) is 7. The highest BCUT2D eigenvalue weighted by Crippen LogP contribution is 2.39. The summed E-state index contributed by atoms with van der Waals surface area (Å²) in [5.41, 5.74) is 1.29. The van der Waals surface area contributed by atoms with Gasteiger partial charge in [-0.3, -0.25) is 24.6 Å². The summed E-state index contributed by atoms with van der Waals surface area (Å²) in [5, 5.41) is 10.7. The fourth-order valence-electron chi connectivity index (χ4n) is 2.76. The molecule has 1 fully saturated rings. The molecule has 8 nitrogen and oxygen atoms in total. The van der Waals surface area contributed by atoms with Gasteiger partial charge >= 0.3 is 0 Å². The number of likely N-dealkylation sites (N-methyl/N-ethyl adjacent to an activating group) is 1. The Kier molecular flexibility index (Phi) is 6.63. The molecule has 2 aromatic rings. The highest BCUT2D eigenvalue weighted by molar-refractivity contribution is 8.18. The molecule has 10 heteroatoms. The smallest absolute Gasteiger partial charge is 0.293 e. The molecule has 0 N–H and O–H groups in total.